The van der Waals surface area contributed by atoms with Crippen LogP contribution >= 0.6 is 12.4 Å². The summed E-state index contributed by atoms with van der Waals surface area (Å²) in [5.74, 6) is -0.229. The molecule has 136 valence electrons. The molecule has 25 heavy (non-hydrogen) atoms. The van der Waals surface area contributed by atoms with E-state index >= 15 is 0 Å². The summed E-state index contributed by atoms with van der Waals surface area (Å²) in [4.78, 5) is 12.1. The Balaban J connectivity index is 0.00000225. The lowest BCUT2D eigenvalue weighted by Crippen LogP contribution is -2.40. The van der Waals surface area contributed by atoms with Gasteiger partial charge in [-0.05, 0) is 53.6 Å². The van der Waals surface area contributed by atoms with Gasteiger partial charge in [0.1, 0.15) is 6.33 Å². The molecule has 0 radical (unpaired) electrons. The lowest BCUT2D eigenvalue weighted by Gasteiger charge is -2.15. The molecule has 0 saturated carbocycles. The van der Waals surface area contributed by atoms with Gasteiger partial charge in [-0.2, -0.15) is 13.2 Å². The molecule has 0 aliphatic carbocycles. The minimum atomic E-state index is -4.47. The molecule has 11 heteroatoms. The van der Waals surface area contributed by atoms with E-state index in [0.717, 1.165) is 25.1 Å². The zero-order valence-electron chi connectivity index (χ0n) is 13.0. The smallest absolute Gasteiger partial charge is 0.351 e. The van der Waals surface area contributed by atoms with Gasteiger partial charge in [0.25, 0.3) is 0 Å². The summed E-state index contributed by atoms with van der Waals surface area (Å²) in [5, 5.41) is 16.4. The zero-order valence-corrected chi connectivity index (χ0v) is 13.8. The number of aromatic nitrogens is 4. The molecule has 1 aliphatic heterocycles. The predicted octanol–water partition coefficient (Wildman–Crippen LogP) is 1.47. The first kappa shape index (κ1) is 19.1. The van der Waals surface area contributed by atoms with Gasteiger partial charge in [-0.1, -0.05) is 0 Å². The highest BCUT2D eigenvalue weighted by atomic mass is 35.5. The van der Waals surface area contributed by atoms with E-state index in [1.54, 1.807) is 0 Å². The van der Waals surface area contributed by atoms with E-state index in [9.17, 15) is 18.0 Å². The Hall–Kier alpha value is -2.20. The van der Waals surface area contributed by atoms with E-state index in [-0.39, 0.29) is 36.5 Å². The number of alkyl halides is 3. The number of nitrogens with one attached hydrogen (secondary N) is 2. The van der Waals surface area contributed by atoms with Crippen LogP contribution in [0.1, 0.15) is 24.0 Å². The van der Waals surface area contributed by atoms with Crippen molar-refractivity contribution < 1.29 is 18.0 Å². The van der Waals surface area contributed by atoms with Gasteiger partial charge in [-0.25, -0.2) is 4.68 Å². The summed E-state index contributed by atoms with van der Waals surface area (Å²) >= 11 is 0. The van der Waals surface area contributed by atoms with E-state index in [4.69, 9.17) is 0 Å². The van der Waals surface area contributed by atoms with Crippen LogP contribution in [0.2, 0.25) is 0 Å². The Morgan fingerprint density at radius 1 is 1.40 bits per heavy atom. The lowest BCUT2D eigenvalue weighted by molar-refractivity contribution is -0.137. The van der Waals surface area contributed by atoms with Gasteiger partial charge in [-0.3, -0.25) is 4.79 Å². The molecule has 2 N–H and O–H groups in total. The van der Waals surface area contributed by atoms with Crippen LogP contribution in [0, 0.1) is 0 Å². The van der Waals surface area contributed by atoms with Crippen LogP contribution in [0.5, 0.6) is 0 Å². The summed E-state index contributed by atoms with van der Waals surface area (Å²) < 4.78 is 40.1. The van der Waals surface area contributed by atoms with Crippen LogP contribution in [0.4, 0.5) is 13.2 Å². The van der Waals surface area contributed by atoms with E-state index < -0.39 is 11.7 Å². The second kappa shape index (κ2) is 7.79. The molecule has 3 rings (SSSR count). The third-order valence-corrected chi connectivity index (χ3v) is 3.83. The molecular weight excluding hydrogens is 361 g/mol. The van der Waals surface area contributed by atoms with E-state index in [1.165, 1.54) is 17.1 Å². The van der Waals surface area contributed by atoms with Crippen molar-refractivity contribution >= 4 is 18.3 Å². The van der Waals surface area contributed by atoms with Gasteiger partial charge in [0.15, 0.2) is 0 Å². The summed E-state index contributed by atoms with van der Waals surface area (Å²) in [5.41, 5.74) is -0.126. The lowest BCUT2D eigenvalue weighted by atomic mass is 10.1. The highest BCUT2D eigenvalue weighted by Gasteiger charge is 2.31. The Kier molecular flexibility index (Phi) is 5.96. The number of tetrazole rings is 1. The van der Waals surface area contributed by atoms with E-state index in [0.29, 0.717) is 12.1 Å². The Morgan fingerprint density at radius 2 is 2.20 bits per heavy atom. The fraction of sp³-hybridized carbons (Fsp3) is 0.429. The SMILES string of the molecule is Cl.O=C(NCc1cc(C(F)(F)F)ccc1-n1cnnn1)[C@@H]1CCCN1. The molecule has 0 bridgehead atoms. The fourth-order valence-electron chi connectivity index (χ4n) is 2.61. The first-order chi connectivity index (χ1) is 11.4. The molecule has 1 aliphatic rings. The number of halogens is 4. The highest BCUT2D eigenvalue weighted by molar-refractivity contribution is 5.85. The van der Waals surface area contributed by atoms with Crippen molar-refractivity contribution in [3.8, 4) is 5.69 Å². The van der Waals surface area contributed by atoms with Crippen molar-refractivity contribution in [2.75, 3.05) is 6.54 Å². The third kappa shape index (κ3) is 4.45. The number of nitrogens with zero attached hydrogens (tertiary/aromatic N) is 4. The molecule has 7 nitrogen and oxygen atoms in total. The highest BCUT2D eigenvalue weighted by Crippen LogP contribution is 2.31. The van der Waals surface area contributed by atoms with Gasteiger partial charge in [0, 0.05) is 6.54 Å². The molecule has 2 aromatic rings. The number of carbonyl (C=O) groups excluding carboxylic acids is 1. The van der Waals surface area contributed by atoms with E-state index in [1.807, 2.05) is 0 Å². The van der Waals surface area contributed by atoms with Crippen LogP contribution < -0.4 is 10.6 Å². The van der Waals surface area contributed by atoms with Crippen molar-refractivity contribution in [3.63, 3.8) is 0 Å². The molecule has 1 amide bonds. The van der Waals surface area contributed by atoms with Crippen LogP contribution in [-0.4, -0.2) is 38.7 Å². The minimum absolute atomic E-state index is 0. The van der Waals surface area contributed by atoms with Crippen LogP contribution in [0.15, 0.2) is 24.5 Å². The number of benzene rings is 1. The summed E-state index contributed by atoms with van der Waals surface area (Å²) in [7, 11) is 0. The average Bonchev–Trinajstić information content (AvgIpc) is 3.24. The van der Waals surface area contributed by atoms with Crippen LogP contribution in [0.25, 0.3) is 5.69 Å². The Labute approximate surface area is 147 Å². The fourth-order valence-corrected chi connectivity index (χ4v) is 2.61. The normalized spacial score (nSPS) is 17.2. The number of rotatable bonds is 4. The molecule has 1 fully saturated rings. The molecule has 1 saturated heterocycles. The van der Waals surface area contributed by atoms with Crippen molar-refractivity contribution in [2.24, 2.45) is 0 Å². The number of amides is 1. The molecule has 1 atom stereocenters. The maximum atomic E-state index is 12.9. The number of hydrogen-bond donors (Lipinski definition) is 2. The monoisotopic (exact) mass is 376 g/mol. The van der Waals surface area contributed by atoms with Gasteiger partial charge in [0.05, 0.1) is 17.3 Å². The maximum absolute atomic E-state index is 12.9. The minimum Gasteiger partial charge on any atom is -0.351 e. The molecule has 1 aromatic carbocycles. The standard InChI is InChI=1S/C14H15F3N6O.ClH/c15-14(16,17)10-3-4-12(23-8-20-21-22-23)9(6-10)7-19-13(24)11-2-1-5-18-11;/h3-4,6,8,11,18H,1-2,5,7H2,(H,19,24);1H/t11-;/m0./s1. The largest absolute Gasteiger partial charge is 0.416 e. The Bertz CT molecular complexity index is 716. The summed E-state index contributed by atoms with van der Waals surface area (Å²) in [6, 6.07) is 2.95. The number of carbonyl (C=O) groups is 1. The van der Waals surface area contributed by atoms with Gasteiger partial charge >= 0.3 is 6.18 Å². The molecule has 2 heterocycles. The zero-order chi connectivity index (χ0) is 17.2. The third-order valence-electron chi connectivity index (χ3n) is 3.83. The van der Waals surface area contributed by atoms with E-state index in [2.05, 4.69) is 26.2 Å². The van der Waals surface area contributed by atoms with Crippen molar-refractivity contribution in [1.29, 1.82) is 0 Å². The van der Waals surface area contributed by atoms with Gasteiger partial charge in [0.2, 0.25) is 5.91 Å². The van der Waals surface area contributed by atoms with Crippen LogP contribution in [-0.2, 0) is 17.5 Å². The quantitative estimate of drug-likeness (QED) is 0.844. The topological polar surface area (TPSA) is 84.7 Å². The maximum Gasteiger partial charge on any atom is 0.416 e. The molecular formula is C14H16ClF3N6O. The second-order valence-electron chi connectivity index (χ2n) is 5.46. The van der Waals surface area contributed by atoms with Crippen LogP contribution in [0.3, 0.4) is 0 Å². The molecule has 1 aromatic heterocycles. The first-order valence-electron chi connectivity index (χ1n) is 7.40. The van der Waals surface area contributed by atoms with Gasteiger partial charge in [-0.15, -0.1) is 17.5 Å². The van der Waals surface area contributed by atoms with Crippen molar-refractivity contribution in [2.45, 2.75) is 31.6 Å². The average molecular weight is 377 g/mol. The first-order valence-corrected chi connectivity index (χ1v) is 7.40. The summed E-state index contributed by atoms with van der Waals surface area (Å²) in [6.07, 6.45) is -1.57. The van der Waals surface area contributed by atoms with Gasteiger partial charge < -0.3 is 10.6 Å². The summed E-state index contributed by atoms with van der Waals surface area (Å²) in [6.45, 7) is 0.716. The van der Waals surface area contributed by atoms with Crippen molar-refractivity contribution in [3.05, 3.63) is 35.7 Å². The molecule has 0 unspecified atom stereocenters. The Morgan fingerprint density at radius 3 is 2.80 bits per heavy atom. The second-order valence-corrected chi connectivity index (χ2v) is 5.46. The predicted molar refractivity (Wildman–Crippen MR) is 84.3 cm³/mol. The van der Waals surface area contributed by atoms with Crippen molar-refractivity contribution in [1.82, 2.24) is 30.8 Å². The molecule has 0 spiro atoms. The number of hydrogen-bond acceptors (Lipinski definition) is 5.